The van der Waals surface area contributed by atoms with Crippen LogP contribution in [0.4, 0.5) is 0 Å². The second-order valence-electron chi connectivity index (χ2n) is 10.2. The summed E-state index contributed by atoms with van der Waals surface area (Å²) < 4.78 is 33.2. The first-order valence-corrected chi connectivity index (χ1v) is 13.8. The zero-order valence-corrected chi connectivity index (χ0v) is 24.4. The van der Waals surface area contributed by atoms with E-state index in [9.17, 15) is 40.2 Å². The number of methoxy groups -OCH3 is 2. The van der Waals surface area contributed by atoms with Gasteiger partial charge in [-0.2, -0.15) is 0 Å². The van der Waals surface area contributed by atoms with E-state index in [1.54, 1.807) is 12.1 Å². The number of ether oxygens (including phenoxy) is 5. The van der Waals surface area contributed by atoms with Crippen molar-refractivity contribution in [3.05, 3.63) is 76.5 Å². The van der Waals surface area contributed by atoms with Crippen LogP contribution in [-0.2, 0) is 14.3 Å². The van der Waals surface area contributed by atoms with Crippen LogP contribution >= 0.6 is 0 Å². The number of esters is 1. The summed E-state index contributed by atoms with van der Waals surface area (Å²) in [5.41, 5.74) is -0.324. The van der Waals surface area contributed by atoms with Gasteiger partial charge in [0, 0.05) is 23.8 Å². The average Bonchev–Trinajstić information content (AvgIpc) is 3.04. The van der Waals surface area contributed by atoms with E-state index in [2.05, 4.69) is 0 Å². The Morgan fingerprint density at radius 2 is 1.59 bits per heavy atom. The first kappa shape index (κ1) is 32.1. The predicted molar refractivity (Wildman–Crippen MR) is 160 cm³/mol. The molecule has 14 nitrogen and oxygen atoms in total. The summed E-state index contributed by atoms with van der Waals surface area (Å²) in [7, 11) is 2.82. The average molecular weight is 639 g/mol. The number of hydrogen-bond acceptors (Lipinski definition) is 14. The Bertz CT molecular complexity index is 1810. The highest BCUT2D eigenvalue weighted by Gasteiger charge is 2.46. The summed E-state index contributed by atoms with van der Waals surface area (Å²) in [6, 6.07) is 12.5. The fourth-order valence-electron chi connectivity index (χ4n) is 4.77. The molecule has 14 heteroatoms. The molecule has 1 aromatic heterocycles. The molecule has 3 aromatic carbocycles. The van der Waals surface area contributed by atoms with E-state index in [1.165, 1.54) is 50.6 Å². The van der Waals surface area contributed by atoms with Crippen molar-refractivity contribution < 1.29 is 63.5 Å². The Labute approximate surface area is 260 Å². The van der Waals surface area contributed by atoms with Gasteiger partial charge in [0.05, 0.1) is 14.2 Å². The van der Waals surface area contributed by atoms with E-state index < -0.39 is 66.0 Å². The monoisotopic (exact) mass is 638 g/mol. The van der Waals surface area contributed by atoms with Crippen LogP contribution in [0.3, 0.4) is 0 Å². The first-order valence-electron chi connectivity index (χ1n) is 13.8. The van der Waals surface area contributed by atoms with Crippen LogP contribution in [0.15, 0.2) is 69.9 Å². The third-order valence-electron chi connectivity index (χ3n) is 7.16. The lowest BCUT2D eigenvalue weighted by atomic mass is 9.99. The molecule has 0 spiro atoms. The Morgan fingerprint density at radius 3 is 2.28 bits per heavy atom. The zero-order valence-electron chi connectivity index (χ0n) is 24.4. The maximum Gasteiger partial charge on any atom is 0.330 e. The van der Waals surface area contributed by atoms with Gasteiger partial charge in [-0.05, 0) is 42.0 Å². The van der Waals surface area contributed by atoms with Crippen molar-refractivity contribution in [1.82, 2.24) is 0 Å². The van der Waals surface area contributed by atoms with Crippen molar-refractivity contribution in [3.8, 4) is 45.8 Å². The molecule has 0 radical (unpaired) electrons. The number of phenols is 3. The Morgan fingerprint density at radius 1 is 0.870 bits per heavy atom. The lowest BCUT2D eigenvalue weighted by molar-refractivity contribution is -0.278. The van der Waals surface area contributed by atoms with Gasteiger partial charge in [-0.25, -0.2) is 4.79 Å². The van der Waals surface area contributed by atoms with Gasteiger partial charge in [-0.3, -0.25) is 4.79 Å². The molecule has 5 atom stereocenters. The van der Waals surface area contributed by atoms with Crippen LogP contribution in [-0.4, -0.2) is 88.1 Å². The van der Waals surface area contributed by atoms with Crippen molar-refractivity contribution in [3.63, 3.8) is 0 Å². The molecule has 1 saturated heterocycles. The molecule has 0 amide bonds. The van der Waals surface area contributed by atoms with Gasteiger partial charge in [0.25, 0.3) is 0 Å². The van der Waals surface area contributed by atoms with E-state index in [0.29, 0.717) is 11.3 Å². The molecule has 6 N–H and O–H groups in total. The summed E-state index contributed by atoms with van der Waals surface area (Å²) in [6.07, 6.45) is -6.20. The second kappa shape index (κ2) is 13.4. The lowest BCUT2D eigenvalue weighted by Crippen LogP contribution is -2.60. The smallest absolute Gasteiger partial charge is 0.330 e. The normalized spacial score (nSPS) is 21.3. The van der Waals surface area contributed by atoms with E-state index in [1.807, 2.05) is 0 Å². The van der Waals surface area contributed by atoms with Crippen molar-refractivity contribution in [2.75, 3.05) is 20.8 Å². The zero-order chi connectivity index (χ0) is 33.1. The van der Waals surface area contributed by atoms with Gasteiger partial charge in [-0.15, -0.1) is 0 Å². The predicted octanol–water partition coefficient (Wildman–Crippen LogP) is 2.04. The summed E-state index contributed by atoms with van der Waals surface area (Å²) >= 11 is 0. The van der Waals surface area contributed by atoms with E-state index >= 15 is 0 Å². The van der Waals surface area contributed by atoms with Crippen LogP contribution in [0.2, 0.25) is 0 Å². The lowest BCUT2D eigenvalue weighted by Gasteiger charge is -2.39. The van der Waals surface area contributed by atoms with Crippen molar-refractivity contribution in [2.45, 2.75) is 30.7 Å². The van der Waals surface area contributed by atoms with Crippen LogP contribution in [0, 0.1) is 0 Å². The molecule has 0 saturated carbocycles. The van der Waals surface area contributed by atoms with Gasteiger partial charge >= 0.3 is 5.97 Å². The van der Waals surface area contributed by atoms with Crippen molar-refractivity contribution in [2.24, 2.45) is 0 Å². The molecule has 2 heterocycles. The maximum absolute atomic E-state index is 13.7. The molecule has 5 unspecified atom stereocenters. The van der Waals surface area contributed by atoms with Gasteiger partial charge in [0.15, 0.2) is 17.3 Å². The van der Waals surface area contributed by atoms with E-state index in [4.69, 9.17) is 28.1 Å². The topological polar surface area (TPSA) is 215 Å². The maximum atomic E-state index is 13.7. The molecule has 5 rings (SSSR count). The number of aromatic hydroxyl groups is 3. The molecular weight excluding hydrogens is 608 g/mol. The number of fused-ring (bicyclic) bond motifs is 1. The quantitative estimate of drug-likeness (QED) is 0.114. The largest absolute Gasteiger partial charge is 0.508 e. The molecular formula is C32H30O14. The fourth-order valence-corrected chi connectivity index (χ4v) is 4.77. The highest BCUT2D eigenvalue weighted by Crippen LogP contribution is 2.40. The second-order valence-corrected chi connectivity index (χ2v) is 10.2. The highest BCUT2D eigenvalue weighted by molar-refractivity contribution is 5.88. The molecule has 1 aliphatic rings. The van der Waals surface area contributed by atoms with Crippen molar-refractivity contribution >= 4 is 23.0 Å². The minimum atomic E-state index is -1.90. The highest BCUT2D eigenvalue weighted by atomic mass is 16.7. The molecule has 1 aliphatic heterocycles. The van der Waals surface area contributed by atoms with Crippen LogP contribution in [0.1, 0.15) is 5.56 Å². The molecule has 1 fully saturated rings. The van der Waals surface area contributed by atoms with Gasteiger partial charge in [0.1, 0.15) is 59.2 Å². The van der Waals surface area contributed by atoms with Gasteiger partial charge in [0.2, 0.25) is 17.5 Å². The number of phenolic OH excluding ortho intramolecular Hbond substituents is 3. The minimum Gasteiger partial charge on any atom is -0.508 e. The summed E-state index contributed by atoms with van der Waals surface area (Å²) in [6.45, 7) is -0.585. The molecule has 0 bridgehead atoms. The van der Waals surface area contributed by atoms with E-state index in [-0.39, 0.29) is 33.8 Å². The number of rotatable bonds is 9. The number of carbonyl (C=O) groups excluding carboxylic acids is 1. The van der Waals surface area contributed by atoms with Crippen molar-refractivity contribution in [1.29, 1.82) is 0 Å². The number of aliphatic hydroxyl groups is 3. The van der Waals surface area contributed by atoms with Crippen LogP contribution in [0.25, 0.3) is 28.4 Å². The number of benzene rings is 3. The first-order chi connectivity index (χ1) is 22.0. The third-order valence-corrected chi connectivity index (χ3v) is 7.16. The van der Waals surface area contributed by atoms with Gasteiger partial charge < -0.3 is 58.7 Å². The standard InChI is InChI=1S/C32H30O14/c1-41-20-9-6-16(11-21(20)42-2)30-31(27(38)25-19(35)12-18(34)13-22(25)44-30)46-32-29(40)28(39)26(37)23(45-32)14-43-24(36)10-5-15-3-7-17(33)8-4-15/h3-13,23,26,28-29,32-35,37,39-40H,14H2,1-2H3. The summed E-state index contributed by atoms with van der Waals surface area (Å²) in [5.74, 6) is -1.99. The molecule has 46 heavy (non-hydrogen) atoms. The van der Waals surface area contributed by atoms with E-state index in [0.717, 1.165) is 18.2 Å². The number of carbonyl (C=O) groups is 1. The minimum absolute atomic E-state index is 0.0501. The third kappa shape index (κ3) is 6.55. The number of aliphatic hydroxyl groups excluding tert-OH is 3. The Hall–Kier alpha value is -5.28. The van der Waals surface area contributed by atoms with Gasteiger partial charge in [-0.1, -0.05) is 12.1 Å². The Balaban J connectivity index is 1.46. The van der Waals surface area contributed by atoms with Crippen LogP contribution in [0.5, 0.6) is 34.5 Å². The Kier molecular flexibility index (Phi) is 9.34. The van der Waals surface area contributed by atoms with Crippen LogP contribution < -0.4 is 19.6 Å². The summed E-state index contributed by atoms with van der Waals surface area (Å²) in [5, 5.41) is 61.4. The fraction of sp³-hybridized carbons (Fsp3) is 0.250. The summed E-state index contributed by atoms with van der Waals surface area (Å²) in [4.78, 5) is 26.1. The molecule has 4 aromatic rings. The molecule has 242 valence electrons. The number of hydrogen-bond donors (Lipinski definition) is 6. The SMILES string of the molecule is COc1ccc(-c2oc3cc(O)cc(O)c3c(=O)c2OC2OC(COC(=O)C=Cc3ccc(O)cc3)C(O)C(O)C2O)cc1OC. The molecule has 0 aliphatic carbocycles.